The fourth-order valence-electron chi connectivity index (χ4n) is 1.45. The number of hydrogen-bond acceptors (Lipinski definition) is 4. The smallest absolute Gasteiger partial charge is 0.326 e. The van der Waals surface area contributed by atoms with E-state index in [0.717, 1.165) is 12.8 Å². The maximum Gasteiger partial charge on any atom is 0.326 e. The molecule has 0 radical (unpaired) electrons. The quantitative estimate of drug-likeness (QED) is 0.766. The minimum absolute atomic E-state index is 0.305. The molecule has 0 aliphatic rings. The summed E-state index contributed by atoms with van der Waals surface area (Å²) in [5.41, 5.74) is 0. The second kappa shape index (κ2) is 6.39. The zero-order valence-electron chi connectivity index (χ0n) is 9.90. The molecule has 1 aromatic heterocycles. The maximum absolute atomic E-state index is 11.0. The number of anilines is 1. The summed E-state index contributed by atoms with van der Waals surface area (Å²) >= 11 is 5.78. The number of carboxylic acids is 1. The molecule has 0 fully saturated rings. The van der Waals surface area contributed by atoms with Gasteiger partial charge in [0.15, 0.2) is 0 Å². The Kier molecular flexibility index (Phi) is 5.15. The first-order valence-electron chi connectivity index (χ1n) is 5.53. The van der Waals surface area contributed by atoms with Crippen LogP contribution in [0.4, 0.5) is 5.82 Å². The van der Waals surface area contributed by atoms with E-state index in [1.54, 1.807) is 6.92 Å². The Balaban J connectivity index is 2.74. The van der Waals surface area contributed by atoms with Gasteiger partial charge in [0.25, 0.3) is 0 Å². The minimum atomic E-state index is -0.883. The Morgan fingerprint density at radius 1 is 1.59 bits per heavy atom. The third-order valence-corrected chi connectivity index (χ3v) is 2.47. The van der Waals surface area contributed by atoms with Gasteiger partial charge < -0.3 is 10.4 Å². The van der Waals surface area contributed by atoms with Crippen molar-refractivity contribution in [2.75, 3.05) is 5.32 Å². The summed E-state index contributed by atoms with van der Waals surface area (Å²) in [6.07, 6.45) is 2.36. The molecule has 6 heteroatoms. The van der Waals surface area contributed by atoms with Crippen molar-refractivity contribution in [1.82, 2.24) is 9.97 Å². The lowest BCUT2D eigenvalue weighted by molar-refractivity contribution is -0.138. The number of halogens is 1. The van der Waals surface area contributed by atoms with Gasteiger partial charge in [0.1, 0.15) is 22.8 Å². The Morgan fingerprint density at radius 3 is 2.82 bits per heavy atom. The van der Waals surface area contributed by atoms with Gasteiger partial charge in [-0.05, 0) is 13.3 Å². The van der Waals surface area contributed by atoms with Gasteiger partial charge in [-0.2, -0.15) is 0 Å². The highest BCUT2D eigenvalue weighted by molar-refractivity contribution is 6.29. The molecule has 5 nitrogen and oxygen atoms in total. The van der Waals surface area contributed by atoms with E-state index >= 15 is 0 Å². The molecule has 1 heterocycles. The van der Waals surface area contributed by atoms with Crippen molar-refractivity contribution in [1.29, 1.82) is 0 Å². The van der Waals surface area contributed by atoms with Crippen LogP contribution in [0.5, 0.6) is 0 Å². The van der Waals surface area contributed by atoms with E-state index in [-0.39, 0.29) is 0 Å². The lowest BCUT2D eigenvalue weighted by Gasteiger charge is -2.14. The van der Waals surface area contributed by atoms with E-state index in [1.807, 2.05) is 6.92 Å². The Bertz CT molecular complexity index is 378. The van der Waals surface area contributed by atoms with Crippen molar-refractivity contribution < 1.29 is 9.90 Å². The van der Waals surface area contributed by atoms with Gasteiger partial charge in [-0.1, -0.05) is 31.4 Å². The number of carboxylic acid groups (broad SMARTS) is 1. The van der Waals surface area contributed by atoms with Crippen LogP contribution < -0.4 is 5.32 Å². The standard InChI is InChI=1S/C11H16ClN3O2/c1-3-4-5-8(11(16)17)15-10-6-9(12)13-7(2)14-10/h6,8H,3-5H2,1-2H3,(H,16,17)(H,13,14,15). The largest absolute Gasteiger partial charge is 0.480 e. The molecule has 0 saturated heterocycles. The zero-order valence-corrected chi connectivity index (χ0v) is 10.7. The highest BCUT2D eigenvalue weighted by atomic mass is 35.5. The first-order valence-corrected chi connectivity index (χ1v) is 5.91. The molecule has 94 valence electrons. The molecule has 2 N–H and O–H groups in total. The van der Waals surface area contributed by atoms with Crippen LogP contribution >= 0.6 is 11.6 Å². The molecule has 0 aliphatic carbocycles. The van der Waals surface area contributed by atoms with E-state index in [1.165, 1.54) is 6.07 Å². The van der Waals surface area contributed by atoms with Crippen molar-refractivity contribution in [2.24, 2.45) is 0 Å². The van der Waals surface area contributed by atoms with Crippen molar-refractivity contribution >= 4 is 23.4 Å². The lowest BCUT2D eigenvalue weighted by Crippen LogP contribution is -2.29. The number of aliphatic carboxylic acids is 1. The Labute approximate surface area is 105 Å². The van der Waals surface area contributed by atoms with Crippen LogP contribution in [-0.4, -0.2) is 27.1 Å². The second-order valence-electron chi connectivity index (χ2n) is 3.80. The van der Waals surface area contributed by atoms with Crippen molar-refractivity contribution in [3.63, 3.8) is 0 Å². The van der Waals surface area contributed by atoms with Gasteiger partial charge in [-0.15, -0.1) is 0 Å². The van der Waals surface area contributed by atoms with Crippen LogP contribution in [0.25, 0.3) is 0 Å². The summed E-state index contributed by atoms with van der Waals surface area (Å²) < 4.78 is 0. The topological polar surface area (TPSA) is 75.1 Å². The van der Waals surface area contributed by atoms with Crippen LogP contribution in [0.2, 0.25) is 5.15 Å². The number of unbranched alkanes of at least 4 members (excludes halogenated alkanes) is 1. The number of hydrogen-bond donors (Lipinski definition) is 2. The van der Waals surface area contributed by atoms with E-state index in [0.29, 0.717) is 23.2 Å². The minimum Gasteiger partial charge on any atom is -0.480 e. The van der Waals surface area contributed by atoms with Crippen LogP contribution in [0, 0.1) is 6.92 Å². The third-order valence-electron chi connectivity index (χ3n) is 2.27. The zero-order chi connectivity index (χ0) is 12.8. The van der Waals surface area contributed by atoms with E-state index < -0.39 is 12.0 Å². The summed E-state index contributed by atoms with van der Waals surface area (Å²) in [5.74, 6) is 0.0801. The molecule has 0 aromatic carbocycles. The first kappa shape index (κ1) is 13.7. The van der Waals surface area contributed by atoms with Gasteiger partial charge in [0, 0.05) is 6.07 Å². The normalized spacial score (nSPS) is 12.2. The molecule has 0 aliphatic heterocycles. The molecule has 0 bridgehead atoms. The maximum atomic E-state index is 11.0. The van der Waals surface area contributed by atoms with Crippen LogP contribution in [0.1, 0.15) is 32.0 Å². The number of nitrogens with zero attached hydrogens (tertiary/aromatic N) is 2. The number of aryl methyl sites for hydroxylation is 1. The molecular formula is C11H16ClN3O2. The van der Waals surface area contributed by atoms with Crippen molar-refractivity contribution in [3.05, 3.63) is 17.0 Å². The van der Waals surface area contributed by atoms with Gasteiger partial charge in [-0.3, -0.25) is 0 Å². The summed E-state index contributed by atoms with van der Waals surface area (Å²) in [4.78, 5) is 19.1. The third kappa shape index (κ3) is 4.56. The summed E-state index contributed by atoms with van der Waals surface area (Å²) in [5, 5.41) is 12.2. The monoisotopic (exact) mass is 257 g/mol. The molecule has 0 amide bonds. The Hall–Kier alpha value is -1.36. The second-order valence-corrected chi connectivity index (χ2v) is 4.19. The molecular weight excluding hydrogens is 242 g/mol. The predicted molar refractivity (Wildman–Crippen MR) is 66.4 cm³/mol. The van der Waals surface area contributed by atoms with Gasteiger partial charge in [-0.25, -0.2) is 14.8 Å². The lowest BCUT2D eigenvalue weighted by atomic mass is 10.1. The predicted octanol–water partition coefficient (Wildman–Crippen LogP) is 2.49. The summed E-state index contributed by atoms with van der Waals surface area (Å²) in [7, 11) is 0. The van der Waals surface area contributed by atoms with Gasteiger partial charge in [0.2, 0.25) is 0 Å². The molecule has 0 saturated carbocycles. The van der Waals surface area contributed by atoms with Gasteiger partial charge in [0.05, 0.1) is 0 Å². The van der Waals surface area contributed by atoms with Gasteiger partial charge >= 0.3 is 5.97 Å². The number of aromatic nitrogens is 2. The number of carbonyl (C=O) groups is 1. The van der Waals surface area contributed by atoms with E-state index in [4.69, 9.17) is 16.7 Å². The number of rotatable bonds is 6. The fourth-order valence-corrected chi connectivity index (χ4v) is 1.68. The highest BCUT2D eigenvalue weighted by Crippen LogP contribution is 2.14. The van der Waals surface area contributed by atoms with Crippen molar-refractivity contribution in [3.8, 4) is 0 Å². The first-order chi connectivity index (χ1) is 8.02. The SMILES string of the molecule is CCCCC(Nc1cc(Cl)nc(C)n1)C(=O)O. The molecule has 1 unspecified atom stereocenters. The average Bonchev–Trinajstić information content (AvgIpc) is 2.22. The molecule has 1 aromatic rings. The van der Waals surface area contributed by atoms with Crippen LogP contribution in [0.15, 0.2) is 6.07 Å². The highest BCUT2D eigenvalue weighted by Gasteiger charge is 2.17. The van der Waals surface area contributed by atoms with Crippen LogP contribution in [-0.2, 0) is 4.79 Å². The number of nitrogens with one attached hydrogen (secondary N) is 1. The average molecular weight is 258 g/mol. The van der Waals surface area contributed by atoms with E-state index in [2.05, 4.69) is 15.3 Å². The molecule has 1 rings (SSSR count). The van der Waals surface area contributed by atoms with E-state index in [9.17, 15) is 4.79 Å². The summed E-state index contributed by atoms with van der Waals surface area (Å²) in [6.45, 7) is 3.73. The molecule has 17 heavy (non-hydrogen) atoms. The fraction of sp³-hybridized carbons (Fsp3) is 0.545. The molecule has 1 atom stereocenters. The van der Waals surface area contributed by atoms with Crippen molar-refractivity contribution in [2.45, 2.75) is 39.2 Å². The summed E-state index contributed by atoms with van der Waals surface area (Å²) in [6, 6.07) is 0.886. The van der Waals surface area contributed by atoms with Crippen LogP contribution in [0.3, 0.4) is 0 Å². The Morgan fingerprint density at radius 2 is 2.29 bits per heavy atom. The molecule has 0 spiro atoms.